The molecule has 43 heavy (non-hydrogen) atoms. The Morgan fingerprint density at radius 1 is 0.860 bits per heavy atom. The van der Waals surface area contributed by atoms with Gasteiger partial charge in [0.15, 0.2) is 11.5 Å². The summed E-state index contributed by atoms with van der Waals surface area (Å²) >= 11 is 12.3. The lowest BCUT2D eigenvalue weighted by molar-refractivity contribution is -0.0970. The number of benzene rings is 3. The van der Waals surface area contributed by atoms with Gasteiger partial charge < -0.3 is 10.2 Å². The molecule has 5 rings (SSSR count). The molecule has 0 spiro atoms. The van der Waals surface area contributed by atoms with Crippen molar-refractivity contribution in [1.29, 1.82) is 0 Å². The lowest BCUT2D eigenvalue weighted by Crippen LogP contribution is -2.71. The molecule has 2 heterocycles. The maximum absolute atomic E-state index is 13.9. The summed E-state index contributed by atoms with van der Waals surface area (Å²) in [6, 6.07) is 19.0. The zero-order chi connectivity index (χ0) is 30.5. The summed E-state index contributed by atoms with van der Waals surface area (Å²) in [4.78, 5) is 24.4. The van der Waals surface area contributed by atoms with Crippen molar-refractivity contribution >= 4 is 44.8 Å². The molecule has 0 atom stereocenters. The third-order valence-electron chi connectivity index (χ3n) is 8.24. The Morgan fingerprint density at radius 2 is 1.44 bits per heavy atom. The summed E-state index contributed by atoms with van der Waals surface area (Å²) in [5, 5.41) is 3.95. The van der Waals surface area contributed by atoms with Gasteiger partial charge in [-0.1, -0.05) is 65.6 Å². The van der Waals surface area contributed by atoms with Crippen molar-refractivity contribution < 1.29 is 18.0 Å². The Kier molecular flexibility index (Phi) is 10.2. The van der Waals surface area contributed by atoms with Crippen molar-refractivity contribution in [3.63, 3.8) is 0 Å². The quantitative estimate of drug-likeness (QED) is 0.241. The molecule has 2 aliphatic heterocycles. The Bertz CT molecular complexity index is 1480. The van der Waals surface area contributed by atoms with E-state index in [4.69, 9.17) is 28.0 Å². The van der Waals surface area contributed by atoms with Crippen LogP contribution in [-0.4, -0.2) is 56.1 Å². The summed E-state index contributed by atoms with van der Waals surface area (Å²) in [6.45, 7) is 5.89. The monoisotopic (exact) mass is 644 g/mol. The van der Waals surface area contributed by atoms with E-state index in [9.17, 15) is 13.2 Å². The fourth-order valence-electron chi connectivity index (χ4n) is 5.98. The number of piperidine rings is 2. The van der Waals surface area contributed by atoms with E-state index in [1.54, 1.807) is 48.5 Å². The highest BCUT2D eigenvalue weighted by molar-refractivity contribution is 7.92. The topological polar surface area (TPSA) is 82.2 Å². The minimum absolute atomic E-state index is 0.0354. The molecule has 0 radical (unpaired) electrons. The Labute approximate surface area is 264 Å². The zero-order valence-electron chi connectivity index (χ0n) is 24.3. The van der Waals surface area contributed by atoms with Crippen LogP contribution in [0, 0.1) is 0 Å². The number of hydrogen-bond donors (Lipinski definition) is 1. The molecule has 11 heteroatoms. The fraction of sp³-hybridized carbons (Fsp3) is 0.406. The van der Waals surface area contributed by atoms with E-state index in [0.717, 1.165) is 62.8 Å². The molecule has 3 aromatic carbocycles. The molecule has 2 saturated heterocycles. The smallest absolute Gasteiger partial charge is 0.295 e. The molecule has 2 aliphatic rings. The van der Waals surface area contributed by atoms with Crippen LogP contribution in [0.4, 0.5) is 5.69 Å². The first-order chi connectivity index (χ1) is 20.7. The third kappa shape index (κ3) is 6.97. The summed E-state index contributed by atoms with van der Waals surface area (Å²) in [6.07, 6.45) is 7.60. The highest BCUT2D eigenvalue weighted by atomic mass is 35.5. The fourth-order valence-corrected chi connectivity index (χ4v) is 7.67. The van der Waals surface area contributed by atoms with E-state index in [-0.39, 0.29) is 27.3 Å². The van der Waals surface area contributed by atoms with E-state index in [1.807, 2.05) is 0 Å². The van der Waals surface area contributed by atoms with Gasteiger partial charge in [-0.05, 0) is 86.7 Å². The van der Waals surface area contributed by atoms with E-state index in [2.05, 4.69) is 22.0 Å². The Hall–Kier alpha value is -2.82. The van der Waals surface area contributed by atoms with Gasteiger partial charge in [-0.3, -0.25) is 14.6 Å². The first-order valence-corrected chi connectivity index (χ1v) is 17.1. The maximum Gasteiger partial charge on any atom is 0.295 e. The minimum atomic E-state index is -4.22. The Morgan fingerprint density at radius 3 is 1.98 bits per heavy atom. The largest absolute Gasteiger partial charge is 0.363 e. The molecular weight excluding hydrogens is 607 g/mol. The number of nitrogens with one attached hydrogen (secondary N) is 1. The molecule has 0 unspecified atom stereocenters. The molecule has 0 aromatic heterocycles. The number of rotatable bonds is 10. The van der Waals surface area contributed by atoms with Crippen LogP contribution in [-0.2, 0) is 10.0 Å². The standard InChI is InChI=1S/C32H38Cl2N4O4S/c1-2-32(36-20-8-4-9-21-36,37-22-10-5-11-23-37)35-31(39)25-14-17-28(18-15-25)43(40,41)38(27-12-6-3-7-13-27)42-30-19-16-26(33)24-29(30)34/h3,6-7,12-19,24H,2,4-5,8-11,20-23H2,1H3,(H,35,39). The second kappa shape index (κ2) is 13.9. The number of nitrogens with zero attached hydrogens (tertiary/aromatic N) is 3. The number of carbonyl (C=O) groups excluding carboxylic acids is 1. The zero-order valence-corrected chi connectivity index (χ0v) is 26.7. The molecular formula is C32H38Cl2N4O4S. The molecule has 2 fully saturated rings. The number of likely N-dealkylation sites (tertiary alicyclic amines) is 2. The van der Waals surface area contributed by atoms with E-state index in [1.165, 1.54) is 37.1 Å². The molecule has 0 saturated carbocycles. The average molecular weight is 646 g/mol. The number of para-hydroxylation sites is 1. The van der Waals surface area contributed by atoms with E-state index < -0.39 is 15.8 Å². The predicted octanol–water partition coefficient (Wildman–Crippen LogP) is 6.95. The van der Waals surface area contributed by atoms with Crippen molar-refractivity contribution in [2.45, 2.75) is 62.6 Å². The predicted molar refractivity (Wildman–Crippen MR) is 171 cm³/mol. The lowest BCUT2D eigenvalue weighted by Gasteiger charge is -2.53. The highest BCUT2D eigenvalue weighted by Gasteiger charge is 2.43. The first-order valence-electron chi connectivity index (χ1n) is 14.9. The molecule has 3 aromatic rings. The summed E-state index contributed by atoms with van der Waals surface area (Å²) in [7, 11) is -4.22. The van der Waals surface area contributed by atoms with Gasteiger partial charge in [-0.25, -0.2) is 0 Å². The number of hydrogen-bond acceptors (Lipinski definition) is 6. The van der Waals surface area contributed by atoms with Crippen LogP contribution in [0.2, 0.25) is 10.0 Å². The van der Waals surface area contributed by atoms with Crippen molar-refractivity contribution in [3.05, 3.63) is 88.4 Å². The molecule has 0 aliphatic carbocycles. The van der Waals surface area contributed by atoms with Gasteiger partial charge in [0.05, 0.1) is 15.6 Å². The number of amides is 1. The normalized spacial score (nSPS) is 16.9. The lowest BCUT2D eigenvalue weighted by atomic mass is 10.0. The van der Waals surface area contributed by atoms with Gasteiger partial charge in [0.25, 0.3) is 15.9 Å². The second-order valence-corrected chi connectivity index (χ2v) is 13.6. The number of halogens is 2. The number of carbonyl (C=O) groups is 1. The van der Waals surface area contributed by atoms with Gasteiger partial charge in [-0.2, -0.15) is 8.42 Å². The number of sulfonamides is 1. The highest BCUT2D eigenvalue weighted by Crippen LogP contribution is 2.33. The summed E-state index contributed by atoms with van der Waals surface area (Å²) in [5.41, 5.74) is 0.671. The summed E-state index contributed by atoms with van der Waals surface area (Å²) in [5.74, 6) is -0.676. The third-order valence-corrected chi connectivity index (χ3v) is 10.4. The Balaban J connectivity index is 1.41. The van der Waals surface area contributed by atoms with Gasteiger partial charge in [0.1, 0.15) is 0 Å². The summed E-state index contributed by atoms with van der Waals surface area (Å²) < 4.78 is 28.6. The molecule has 1 N–H and O–H groups in total. The van der Waals surface area contributed by atoms with Gasteiger partial charge >= 0.3 is 0 Å². The van der Waals surface area contributed by atoms with Crippen molar-refractivity contribution in [2.24, 2.45) is 0 Å². The van der Waals surface area contributed by atoms with Crippen LogP contribution in [0.25, 0.3) is 0 Å². The second-order valence-electron chi connectivity index (χ2n) is 11.0. The first kappa shape index (κ1) is 31.6. The average Bonchev–Trinajstić information content (AvgIpc) is 3.04. The van der Waals surface area contributed by atoms with Gasteiger partial charge in [0.2, 0.25) is 0 Å². The SMILES string of the molecule is CCC(NC(=O)c1ccc(S(=O)(=O)N(Oc2ccc(Cl)cc2Cl)c2ccccc2)cc1)(N1CCCCC1)N1CCCCC1. The van der Waals surface area contributed by atoms with E-state index in [0.29, 0.717) is 10.6 Å². The molecule has 0 bridgehead atoms. The minimum Gasteiger partial charge on any atom is -0.363 e. The van der Waals surface area contributed by atoms with Crippen LogP contribution < -0.4 is 14.6 Å². The molecule has 230 valence electrons. The van der Waals surface area contributed by atoms with Crippen LogP contribution in [0.3, 0.4) is 0 Å². The van der Waals surface area contributed by atoms with E-state index >= 15 is 0 Å². The van der Waals surface area contributed by atoms with Crippen LogP contribution in [0.5, 0.6) is 5.75 Å². The van der Waals surface area contributed by atoms with Crippen molar-refractivity contribution in [2.75, 3.05) is 30.6 Å². The van der Waals surface area contributed by atoms with Crippen molar-refractivity contribution in [1.82, 2.24) is 15.1 Å². The van der Waals surface area contributed by atoms with Crippen molar-refractivity contribution in [3.8, 4) is 5.75 Å². The van der Waals surface area contributed by atoms with Crippen LogP contribution >= 0.6 is 23.2 Å². The maximum atomic E-state index is 13.9. The number of anilines is 1. The van der Waals surface area contributed by atoms with Crippen LogP contribution in [0.15, 0.2) is 77.7 Å². The van der Waals surface area contributed by atoms with Crippen LogP contribution in [0.1, 0.15) is 62.2 Å². The molecule has 1 amide bonds. The molecule has 8 nitrogen and oxygen atoms in total. The van der Waals surface area contributed by atoms with Gasteiger partial charge in [-0.15, -0.1) is 0 Å². The van der Waals surface area contributed by atoms with Gasteiger partial charge in [0, 0.05) is 36.8 Å².